The summed E-state index contributed by atoms with van der Waals surface area (Å²) in [5.41, 5.74) is 7.61. The van der Waals surface area contributed by atoms with Crippen molar-refractivity contribution >= 4 is 17.3 Å². The molecule has 0 bridgehead atoms. The minimum absolute atomic E-state index is 0.471. The highest BCUT2D eigenvalue weighted by molar-refractivity contribution is 6.30. The van der Waals surface area contributed by atoms with Gasteiger partial charge in [-0.15, -0.1) is 6.58 Å². The number of nitrogen functional groups attached to an aromatic ring is 1. The number of benzene rings is 1. The van der Waals surface area contributed by atoms with Crippen LogP contribution in [0.2, 0.25) is 5.02 Å². The van der Waals surface area contributed by atoms with Gasteiger partial charge in [0.05, 0.1) is 0 Å². The Bertz CT molecular complexity index is 341. The van der Waals surface area contributed by atoms with E-state index >= 15 is 0 Å². The molecule has 0 saturated carbocycles. The standard InChI is InChI=1S/C13H19ClN2/c1-4-5-16(10(2)3)9-11-6-12(14)8-13(15)7-11/h4,6-8,10H,1,5,9,15H2,2-3H3. The highest BCUT2D eigenvalue weighted by Gasteiger charge is 2.08. The van der Waals surface area contributed by atoms with E-state index in [1.807, 2.05) is 18.2 Å². The second-order valence-electron chi connectivity index (χ2n) is 4.20. The molecule has 2 N–H and O–H groups in total. The van der Waals surface area contributed by atoms with Crippen molar-refractivity contribution in [2.75, 3.05) is 12.3 Å². The normalized spacial score (nSPS) is 11.1. The number of anilines is 1. The van der Waals surface area contributed by atoms with Crippen LogP contribution in [0.15, 0.2) is 30.9 Å². The zero-order chi connectivity index (χ0) is 12.1. The van der Waals surface area contributed by atoms with Crippen LogP contribution in [0.25, 0.3) is 0 Å². The third-order valence-electron chi connectivity index (χ3n) is 2.46. The molecule has 88 valence electrons. The molecule has 0 amide bonds. The van der Waals surface area contributed by atoms with Crippen LogP contribution < -0.4 is 5.73 Å². The molecule has 1 aromatic rings. The lowest BCUT2D eigenvalue weighted by Gasteiger charge is -2.25. The van der Waals surface area contributed by atoms with Crippen LogP contribution >= 0.6 is 11.6 Å². The third-order valence-corrected chi connectivity index (χ3v) is 2.68. The quantitative estimate of drug-likeness (QED) is 0.630. The molecule has 1 aromatic carbocycles. The van der Waals surface area contributed by atoms with Gasteiger partial charge in [-0.3, -0.25) is 4.90 Å². The van der Waals surface area contributed by atoms with Crippen molar-refractivity contribution in [1.29, 1.82) is 0 Å². The van der Waals surface area contributed by atoms with E-state index in [1.165, 1.54) is 0 Å². The molecule has 0 aromatic heterocycles. The van der Waals surface area contributed by atoms with Crippen molar-refractivity contribution in [3.63, 3.8) is 0 Å². The van der Waals surface area contributed by atoms with Crippen LogP contribution in [0.3, 0.4) is 0 Å². The molecule has 0 atom stereocenters. The van der Waals surface area contributed by atoms with E-state index in [0.717, 1.165) is 18.7 Å². The van der Waals surface area contributed by atoms with Gasteiger partial charge in [0.1, 0.15) is 0 Å². The fraction of sp³-hybridized carbons (Fsp3) is 0.385. The topological polar surface area (TPSA) is 29.3 Å². The van der Waals surface area contributed by atoms with E-state index in [1.54, 1.807) is 6.07 Å². The number of hydrogen-bond acceptors (Lipinski definition) is 2. The molecule has 0 fully saturated rings. The van der Waals surface area contributed by atoms with Gasteiger partial charge in [-0.05, 0) is 37.6 Å². The molecule has 0 aliphatic rings. The summed E-state index contributed by atoms with van der Waals surface area (Å²) in [6, 6.07) is 6.15. The average molecular weight is 239 g/mol. The molecule has 0 aliphatic carbocycles. The summed E-state index contributed by atoms with van der Waals surface area (Å²) < 4.78 is 0. The predicted octanol–water partition coefficient (Wildman–Crippen LogP) is 3.32. The van der Waals surface area contributed by atoms with Gasteiger partial charge in [0, 0.05) is 29.8 Å². The first-order valence-corrected chi connectivity index (χ1v) is 5.80. The van der Waals surface area contributed by atoms with Gasteiger partial charge in [0.25, 0.3) is 0 Å². The zero-order valence-corrected chi connectivity index (χ0v) is 10.7. The molecule has 16 heavy (non-hydrogen) atoms. The first kappa shape index (κ1) is 13.1. The molecule has 0 radical (unpaired) electrons. The lowest BCUT2D eigenvalue weighted by atomic mass is 10.1. The maximum atomic E-state index is 5.97. The SMILES string of the molecule is C=CCN(Cc1cc(N)cc(Cl)c1)C(C)C. The summed E-state index contributed by atoms with van der Waals surface area (Å²) in [5.74, 6) is 0. The Balaban J connectivity index is 2.80. The third kappa shape index (κ3) is 3.87. The highest BCUT2D eigenvalue weighted by Crippen LogP contribution is 2.18. The second kappa shape index (κ2) is 5.92. The number of halogens is 1. The lowest BCUT2D eigenvalue weighted by molar-refractivity contribution is 0.237. The van der Waals surface area contributed by atoms with E-state index in [9.17, 15) is 0 Å². The number of nitrogens with two attached hydrogens (primary N) is 1. The van der Waals surface area contributed by atoms with E-state index < -0.39 is 0 Å². The first-order valence-electron chi connectivity index (χ1n) is 5.43. The van der Waals surface area contributed by atoms with Gasteiger partial charge in [-0.1, -0.05) is 17.7 Å². The van der Waals surface area contributed by atoms with Gasteiger partial charge in [0.2, 0.25) is 0 Å². The molecular weight excluding hydrogens is 220 g/mol. The maximum Gasteiger partial charge on any atom is 0.0429 e. The summed E-state index contributed by atoms with van der Waals surface area (Å²) >= 11 is 5.97. The minimum Gasteiger partial charge on any atom is -0.399 e. The highest BCUT2D eigenvalue weighted by atomic mass is 35.5. The van der Waals surface area contributed by atoms with Crippen molar-refractivity contribution in [3.05, 3.63) is 41.4 Å². The van der Waals surface area contributed by atoms with Crippen LogP contribution in [-0.2, 0) is 6.54 Å². The summed E-state index contributed by atoms with van der Waals surface area (Å²) in [5, 5.41) is 0.692. The average Bonchev–Trinajstić information content (AvgIpc) is 2.15. The molecule has 0 aliphatic heterocycles. The fourth-order valence-electron chi connectivity index (χ4n) is 1.62. The maximum absolute atomic E-state index is 5.97. The predicted molar refractivity (Wildman–Crippen MR) is 71.6 cm³/mol. The first-order chi connectivity index (χ1) is 7.52. The van der Waals surface area contributed by atoms with Gasteiger partial charge in [0.15, 0.2) is 0 Å². The fourth-order valence-corrected chi connectivity index (χ4v) is 1.89. The molecule has 0 heterocycles. The largest absolute Gasteiger partial charge is 0.399 e. The van der Waals surface area contributed by atoms with Crippen molar-refractivity contribution in [1.82, 2.24) is 4.90 Å². The Labute approximate surface area is 103 Å². The van der Waals surface area contributed by atoms with Gasteiger partial charge >= 0.3 is 0 Å². The minimum atomic E-state index is 0.471. The summed E-state index contributed by atoms with van der Waals surface area (Å²) in [4.78, 5) is 2.30. The summed E-state index contributed by atoms with van der Waals surface area (Å²) in [6.45, 7) is 9.80. The summed E-state index contributed by atoms with van der Waals surface area (Å²) in [7, 11) is 0. The number of nitrogens with zero attached hydrogens (tertiary/aromatic N) is 1. The second-order valence-corrected chi connectivity index (χ2v) is 4.64. The Hall–Kier alpha value is -0.990. The van der Waals surface area contributed by atoms with Crippen molar-refractivity contribution in [3.8, 4) is 0 Å². The van der Waals surface area contributed by atoms with E-state index in [-0.39, 0.29) is 0 Å². The summed E-state index contributed by atoms with van der Waals surface area (Å²) in [6.07, 6.45) is 1.91. The lowest BCUT2D eigenvalue weighted by Crippen LogP contribution is -2.30. The Kier molecular flexibility index (Phi) is 4.84. The van der Waals surface area contributed by atoms with Crippen molar-refractivity contribution < 1.29 is 0 Å². The Morgan fingerprint density at radius 1 is 1.44 bits per heavy atom. The zero-order valence-electron chi connectivity index (χ0n) is 9.91. The van der Waals surface area contributed by atoms with Crippen LogP contribution in [-0.4, -0.2) is 17.5 Å². The molecule has 0 unspecified atom stereocenters. The van der Waals surface area contributed by atoms with E-state index in [0.29, 0.717) is 16.8 Å². The van der Waals surface area contributed by atoms with E-state index in [2.05, 4.69) is 25.3 Å². The molecule has 1 rings (SSSR count). The smallest absolute Gasteiger partial charge is 0.0429 e. The van der Waals surface area contributed by atoms with Crippen molar-refractivity contribution in [2.24, 2.45) is 0 Å². The van der Waals surface area contributed by atoms with Gasteiger partial charge < -0.3 is 5.73 Å². The van der Waals surface area contributed by atoms with E-state index in [4.69, 9.17) is 17.3 Å². The van der Waals surface area contributed by atoms with Crippen LogP contribution in [0.1, 0.15) is 19.4 Å². The van der Waals surface area contributed by atoms with Gasteiger partial charge in [-0.25, -0.2) is 0 Å². The van der Waals surface area contributed by atoms with Crippen LogP contribution in [0, 0.1) is 0 Å². The Morgan fingerprint density at radius 2 is 2.12 bits per heavy atom. The molecular formula is C13H19ClN2. The van der Waals surface area contributed by atoms with Gasteiger partial charge in [-0.2, -0.15) is 0 Å². The van der Waals surface area contributed by atoms with Crippen LogP contribution in [0.4, 0.5) is 5.69 Å². The Morgan fingerprint density at radius 3 is 2.62 bits per heavy atom. The molecule has 0 saturated heterocycles. The van der Waals surface area contributed by atoms with Crippen molar-refractivity contribution in [2.45, 2.75) is 26.4 Å². The van der Waals surface area contributed by atoms with Crippen LogP contribution in [0.5, 0.6) is 0 Å². The molecule has 2 nitrogen and oxygen atoms in total. The molecule has 3 heteroatoms. The monoisotopic (exact) mass is 238 g/mol. The molecule has 0 spiro atoms. The number of hydrogen-bond donors (Lipinski definition) is 1. The number of rotatable bonds is 5.